The number of benzene rings is 1. The molecule has 2 atom stereocenters. The van der Waals surface area contributed by atoms with Crippen LogP contribution in [0.3, 0.4) is 0 Å². The Labute approximate surface area is 61.9 Å². The minimum atomic E-state index is 0.876. The van der Waals surface area contributed by atoms with Crippen molar-refractivity contribution in [1.82, 2.24) is 0 Å². The normalized spacial score (nSPS) is 30.1. The van der Waals surface area contributed by atoms with Gasteiger partial charge in [0.25, 0.3) is 0 Å². The second-order valence-corrected chi connectivity index (χ2v) is 3.23. The van der Waals surface area contributed by atoms with Gasteiger partial charge < -0.3 is 0 Å². The van der Waals surface area contributed by atoms with Crippen LogP contribution in [0.15, 0.2) is 30.3 Å². The van der Waals surface area contributed by atoms with Gasteiger partial charge in [0.1, 0.15) is 0 Å². The third kappa shape index (κ3) is 0.942. The molecule has 0 saturated heterocycles. The van der Waals surface area contributed by atoms with E-state index in [0.717, 1.165) is 11.8 Å². The van der Waals surface area contributed by atoms with Crippen LogP contribution in [0.1, 0.15) is 24.8 Å². The van der Waals surface area contributed by atoms with Crippen molar-refractivity contribution in [3.05, 3.63) is 35.9 Å². The van der Waals surface area contributed by atoms with E-state index in [1.807, 2.05) is 0 Å². The Morgan fingerprint density at radius 2 is 1.80 bits per heavy atom. The molecule has 1 fully saturated rings. The highest BCUT2D eigenvalue weighted by Crippen LogP contribution is 2.46. The molecule has 0 N–H and O–H groups in total. The van der Waals surface area contributed by atoms with Crippen molar-refractivity contribution in [2.45, 2.75) is 19.3 Å². The van der Waals surface area contributed by atoms with Gasteiger partial charge >= 0.3 is 0 Å². The summed E-state index contributed by atoms with van der Waals surface area (Å²) < 4.78 is 0. The molecule has 2 rings (SSSR count). The fourth-order valence-electron chi connectivity index (χ4n) is 1.49. The van der Waals surface area contributed by atoms with Gasteiger partial charge in [0.2, 0.25) is 0 Å². The van der Waals surface area contributed by atoms with Gasteiger partial charge in [-0.05, 0) is 23.8 Å². The SMILES string of the molecule is CC1CC1c1ccccc1. The summed E-state index contributed by atoms with van der Waals surface area (Å²) in [7, 11) is 0. The van der Waals surface area contributed by atoms with E-state index in [1.165, 1.54) is 12.0 Å². The Balaban J connectivity index is 2.20. The van der Waals surface area contributed by atoms with Crippen LogP contribution < -0.4 is 0 Å². The Morgan fingerprint density at radius 3 is 2.30 bits per heavy atom. The van der Waals surface area contributed by atoms with Gasteiger partial charge in [-0.1, -0.05) is 37.3 Å². The lowest BCUT2D eigenvalue weighted by molar-refractivity contribution is 0.915. The van der Waals surface area contributed by atoms with Gasteiger partial charge in [-0.3, -0.25) is 0 Å². The summed E-state index contributed by atoms with van der Waals surface area (Å²) >= 11 is 0. The van der Waals surface area contributed by atoms with E-state index in [9.17, 15) is 0 Å². The fourth-order valence-corrected chi connectivity index (χ4v) is 1.49. The first-order valence-electron chi connectivity index (χ1n) is 3.93. The summed E-state index contributed by atoms with van der Waals surface area (Å²) in [6, 6.07) is 10.8. The van der Waals surface area contributed by atoms with Gasteiger partial charge in [0.15, 0.2) is 0 Å². The van der Waals surface area contributed by atoms with Gasteiger partial charge in [-0.15, -0.1) is 0 Å². The molecular formula is C10H12. The first kappa shape index (κ1) is 5.96. The average molecular weight is 132 g/mol. The summed E-state index contributed by atoms with van der Waals surface area (Å²) in [6.45, 7) is 2.32. The molecule has 0 nitrogen and oxygen atoms in total. The largest absolute Gasteiger partial charge is 0.0622 e. The fraction of sp³-hybridized carbons (Fsp3) is 0.400. The van der Waals surface area contributed by atoms with Crippen LogP contribution in [0, 0.1) is 5.92 Å². The lowest BCUT2D eigenvalue weighted by Gasteiger charge is -1.94. The molecule has 52 valence electrons. The number of hydrogen-bond donors (Lipinski definition) is 0. The highest BCUT2D eigenvalue weighted by atomic mass is 14.4. The third-order valence-corrected chi connectivity index (χ3v) is 2.34. The summed E-state index contributed by atoms with van der Waals surface area (Å²) in [6.07, 6.45) is 1.39. The molecule has 0 bridgehead atoms. The van der Waals surface area contributed by atoms with Gasteiger partial charge in [-0.25, -0.2) is 0 Å². The predicted octanol–water partition coefficient (Wildman–Crippen LogP) is 2.81. The van der Waals surface area contributed by atoms with E-state index in [-0.39, 0.29) is 0 Å². The van der Waals surface area contributed by atoms with Gasteiger partial charge in [0, 0.05) is 0 Å². The van der Waals surface area contributed by atoms with Crippen molar-refractivity contribution in [3.8, 4) is 0 Å². The molecule has 0 heterocycles. The Bertz CT molecular complexity index is 213. The standard InChI is InChI=1S/C10H12/c1-8-7-10(8)9-5-3-2-4-6-9/h2-6,8,10H,7H2,1H3. The molecular weight excluding hydrogens is 120 g/mol. The molecule has 0 aliphatic heterocycles. The number of hydrogen-bond acceptors (Lipinski definition) is 0. The molecule has 1 aromatic rings. The van der Waals surface area contributed by atoms with Gasteiger partial charge in [0.05, 0.1) is 0 Å². The van der Waals surface area contributed by atoms with Crippen LogP contribution in [0.2, 0.25) is 0 Å². The van der Waals surface area contributed by atoms with E-state index in [2.05, 4.69) is 37.3 Å². The molecule has 0 heteroatoms. The molecule has 0 spiro atoms. The summed E-state index contributed by atoms with van der Waals surface area (Å²) in [4.78, 5) is 0. The minimum Gasteiger partial charge on any atom is -0.0622 e. The first-order chi connectivity index (χ1) is 4.88. The molecule has 10 heavy (non-hydrogen) atoms. The second-order valence-electron chi connectivity index (χ2n) is 3.23. The maximum atomic E-state index is 2.32. The summed E-state index contributed by atoms with van der Waals surface area (Å²) in [5.74, 6) is 1.81. The molecule has 1 saturated carbocycles. The molecule has 0 amide bonds. The van der Waals surface area contributed by atoms with Gasteiger partial charge in [-0.2, -0.15) is 0 Å². The maximum Gasteiger partial charge on any atom is -0.0133 e. The zero-order valence-electron chi connectivity index (χ0n) is 6.25. The van der Waals surface area contributed by atoms with E-state index < -0.39 is 0 Å². The molecule has 1 aromatic carbocycles. The average Bonchev–Trinajstić information content (AvgIpc) is 2.69. The lowest BCUT2D eigenvalue weighted by Crippen LogP contribution is -1.77. The van der Waals surface area contributed by atoms with Crippen molar-refractivity contribution >= 4 is 0 Å². The highest BCUT2D eigenvalue weighted by Gasteiger charge is 2.33. The molecule has 0 aromatic heterocycles. The molecule has 0 radical (unpaired) electrons. The molecule has 1 aliphatic rings. The second kappa shape index (κ2) is 2.12. The number of rotatable bonds is 1. The minimum absolute atomic E-state index is 0.876. The predicted molar refractivity (Wildman–Crippen MR) is 43.0 cm³/mol. The lowest BCUT2D eigenvalue weighted by atomic mass is 10.1. The van der Waals surface area contributed by atoms with E-state index in [4.69, 9.17) is 0 Å². The van der Waals surface area contributed by atoms with E-state index in [0.29, 0.717) is 0 Å². The van der Waals surface area contributed by atoms with Crippen LogP contribution in [0.25, 0.3) is 0 Å². The van der Waals surface area contributed by atoms with Crippen molar-refractivity contribution in [2.24, 2.45) is 5.92 Å². The van der Waals surface area contributed by atoms with Crippen LogP contribution in [-0.2, 0) is 0 Å². The van der Waals surface area contributed by atoms with Crippen molar-refractivity contribution < 1.29 is 0 Å². The monoisotopic (exact) mass is 132 g/mol. The van der Waals surface area contributed by atoms with E-state index in [1.54, 1.807) is 0 Å². The first-order valence-corrected chi connectivity index (χ1v) is 3.93. The van der Waals surface area contributed by atoms with Crippen molar-refractivity contribution in [2.75, 3.05) is 0 Å². The van der Waals surface area contributed by atoms with Crippen LogP contribution in [-0.4, -0.2) is 0 Å². The third-order valence-electron chi connectivity index (χ3n) is 2.34. The zero-order valence-corrected chi connectivity index (χ0v) is 6.25. The Kier molecular flexibility index (Phi) is 1.26. The quantitative estimate of drug-likeness (QED) is 0.551. The Morgan fingerprint density at radius 1 is 1.20 bits per heavy atom. The molecule has 2 unspecified atom stereocenters. The Hall–Kier alpha value is -0.780. The summed E-state index contributed by atoms with van der Waals surface area (Å²) in [5.41, 5.74) is 1.52. The van der Waals surface area contributed by atoms with E-state index >= 15 is 0 Å². The zero-order chi connectivity index (χ0) is 6.97. The van der Waals surface area contributed by atoms with Crippen LogP contribution in [0.5, 0.6) is 0 Å². The van der Waals surface area contributed by atoms with Crippen LogP contribution >= 0.6 is 0 Å². The maximum absolute atomic E-state index is 2.32. The van der Waals surface area contributed by atoms with Crippen LogP contribution in [0.4, 0.5) is 0 Å². The van der Waals surface area contributed by atoms with Crippen molar-refractivity contribution in [3.63, 3.8) is 0 Å². The highest BCUT2D eigenvalue weighted by molar-refractivity contribution is 5.24. The smallest absolute Gasteiger partial charge is 0.0133 e. The van der Waals surface area contributed by atoms with Crippen molar-refractivity contribution in [1.29, 1.82) is 0 Å². The molecule has 1 aliphatic carbocycles. The summed E-state index contributed by atoms with van der Waals surface area (Å²) in [5, 5.41) is 0. The topological polar surface area (TPSA) is 0 Å².